The van der Waals surface area contributed by atoms with Gasteiger partial charge in [-0.1, -0.05) is 19.1 Å². The van der Waals surface area contributed by atoms with E-state index in [4.69, 9.17) is 15.2 Å². The van der Waals surface area contributed by atoms with Crippen molar-refractivity contribution in [2.75, 3.05) is 13.3 Å². The summed E-state index contributed by atoms with van der Waals surface area (Å²) in [4.78, 5) is 0. The average molecular weight is 207 g/mol. The van der Waals surface area contributed by atoms with Gasteiger partial charge in [0.25, 0.3) is 0 Å². The fourth-order valence-corrected chi connectivity index (χ4v) is 1.85. The first kappa shape index (κ1) is 10.5. The Morgan fingerprint density at radius 1 is 1.47 bits per heavy atom. The Morgan fingerprint density at radius 3 is 3.00 bits per heavy atom. The Balaban J connectivity index is 2.48. The van der Waals surface area contributed by atoms with Gasteiger partial charge < -0.3 is 15.2 Å². The van der Waals surface area contributed by atoms with Crippen LogP contribution in [0.1, 0.15) is 29.5 Å². The molecule has 1 aromatic rings. The van der Waals surface area contributed by atoms with Crippen LogP contribution < -0.4 is 10.5 Å². The van der Waals surface area contributed by atoms with Gasteiger partial charge in [0.1, 0.15) is 5.75 Å². The lowest BCUT2D eigenvalue weighted by atomic mass is 9.95. The van der Waals surface area contributed by atoms with Crippen LogP contribution in [0.3, 0.4) is 0 Å². The van der Waals surface area contributed by atoms with E-state index in [-0.39, 0.29) is 0 Å². The molecule has 1 aliphatic heterocycles. The van der Waals surface area contributed by atoms with Gasteiger partial charge in [-0.05, 0) is 30.5 Å². The molecule has 0 amide bonds. The fourth-order valence-electron chi connectivity index (χ4n) is 1.85. The van der Waals surface area contributed by atoms with Crippen molar-refractivity contribution in [3.05, 3.63) is 28.8 Å². The van der Waals surface area contributed by atoms with E-state index in [1.807, 2.05) is 0 Å². The molecule has 1 aliphatic rings. The summed E-state index contributed by atoms with van der Waals surface area (Å²) in [6.45, 7) is 5.82. The number of nitrogens with two attached hydrogens (primary N) is 1. The van der Waals surface area contributed by atoms with Gasteiger partial charge in [0, 0.05) is 5.56 Å². The standard InChI is InChI=1S/C12H17NO2/c1-8-3-4-10(9(2)5-13)12-11(8)6-14-7-15-12/h3-4,9H,5-7,13H2,1-2H3. The average Bonchev–Trinajstić information content (AvgIpc) is 2.29. The van der Waals surface area contributed by atoms with Crippen LogP contribution in [0.4, 0.5) is 0 Å². The zero-order chi connectivity index (χ0) is 10.8. The van der Waals surface area contributed by atoms with Crippen molar-refractivity contribution in [1.29, 1.82) is 0 Å². The van der Waals surface area contributed by atoms with E-state index in [1.165, 1.54) is 16.7 Å². The number of fused-ring (bicyclic) bond motifs is 1. The highest BCUT2D eigenvalue weighted by Gasteiger charge is 2.19. The van der Waals surface area contributed by atoms with E-state index < -0.39 is 0 Å². The van der Waals surface area contributed by atoms with Crippen molar-refractivity contribution >= 4 is 0 Å². The number of ether oxygens (including phenoxy) is 2. The van der Waals surface area contributed by atoms with Gasteiger partial charge in [-0.15, -0.1) is 0 Å². The second-order valence-corrected chi connectivity index (χ2v) is 4.03. The maximum Gasteiger partial charge on any atom is 0.189 e. The molecule has 0 saturated heterocycles. The molecule has 3 nitrogen and oxygen atoms in total. The highest BCUT2D eigenvalue weighted by Crippen LogP contribution is 2.34. The summed E-state index contributed by atoms with van der Waals surface area (Å²) in [7, 11) is 0. The number of hydrogen-bond donors (Lipinski definition) is 1. The second kappa shape index (κ2) is 4.21. The molecule has 0 aromatic heterocycles. The molecule has 1 atom stereocenters. The van der Waals surface area contributed by atoms with Crippen LogP contribution in [0.5, 0.6) is 5.75 Å². The summed E-state index contributed by atoms with van der Waals surface area (Å²) in [5.74, 6) is 1.32. The molecule has 0 fully saturated rings. The van der Waals surface area contributed by atoms with Crippen molar-refractivity contribution in [1.82, 2.24) is 0 Å². The van der Waals surface area contributed by atoms with Gasteiger partial charge in [-0.3, -0.25) is 0 Å². The van der Waals surface area contributed by atoms with Crippen LogP contribution in [-0.4, -0.2) is 13.3 Å². The van der Waals surface area contributed by atoms with E-state index in [2.05, 4.69) is 26.0 Å². The van der Waals surface area contributed by atoms with Crippen molar-refractivity contribution in [2.45, 2.75) is 26.4 Å². The minimum absolute atomic E-state index is 0.331. The molecule has 1 unspecified atom stereocenters. The Bertz CT molecular complexity index is 363. The monoisotopic (exact) mass is 207 g/mol. The molecular formula is C12H17NO2. The van der Waals surface area contributed by atoms with Crippen molar-refractivity contribution < 1.29 is 9.47 Å². The number of aryl methyl sites for hydroxylation is 1. The Labute approximate surface area is 90.2 Å². The molecule has 0 radical (unpaired) electrons. The predicted octanol–water partition coefficient (Wildman–Crippen LogP) is 1.92. The van der Waals surface area contributed by atoms with E-state index in [0.717, 1.165) is 5.75 Å². The third kappa shape index (κ3) is 1.85. The van der Waals surface area contributed by atoms with Crippen molar-refractivity contribution in [2.24, 2.45) is 5.73 Å². The highest BCUT2D eigenvalue weighted by atomic mass is 16.7. The number of benzene rings is 1. The normalized spacial score (nSPS) is 16.7. The highest BCUT2D eigenvalue weighted by molar-refractivity contribution is 5.48. The molecule has 3 heteroatoms. The maximum absolute atomic E-state index is 5.69. The van der Waals surface area contributed by atoms with Crippen LogP contribution in [0, 0.1) is 6.92 Å². The van der Waals surface area contributed by atoms with Crippen LogP contribution in [0.25, 0.3) is 0 Å². The molecule has 82 valence electrons. The third-order valence-corrected chi connectivity index (χ3v) is 2.94. The molecule has 1 aromatic carbocycles. The minimum Gasteiger partial charge on any atom is -0.467 e. The molecule has 1 heterocycles. The summed E-state index contributed by atoms with van der Waals surface area (Å²) in [6.07, 6.45) is 0. The molecule has 0 bridgehead atoms. The smallest absolute Gasteiger partial charge is 0.189 e. The third-order valence-electron chi connectivity index (χ3n) is 2.94. The predicted molar refractivity (Wildman–Crippen MR) is 58.9 cm³/mol. The molecule has 2 rings (SSSR count). The SMILES string of the molecule is Cc1ccc(C(C)CN)c2c1COCO2. The Hall–Kier alpha value is -1.06. The van der Waals surface area contributed by atoms with Crippen LogP contribution in [0.15, 0.2) is 12.1 Å². The van der Waals surface area contributed by atoms with Crippen LogP contribution in [0.2, 0.25) is 0 Å². The zero-order valence-electron chi connectivity index (χ0n) is 9.25. The lowest BCUT2D eigenvalue weighted by molar-refractivity contribution is -0.0175. The van der Waals surface area contributed by atoms with E-state index in [9.17, 15) is 0 Å². The van der Waals surface area contributed by atoms with Gasteiger partial charge in [0.15, 0.2) is 6.79 Å². The Kier molecular flexibility index (Phi) is 2.93. The summed E-state index contributed by atoms with van der Waals surface area (Å²) in [6, 6.07) is 4.22. The van der Waals surface area contributed by atoms with E-state index in [0.29, 0.717) is 25.9 Å². The quantitative estimate of drug-likeness (QED) is 0.805. The number of rotatable bonds is 2. The second-order valence-electron chi connectivity index (χ2n) is 4.03. The molecule has 0 spiro atoms. The van der Waals surface area contributed by atoms with E-state index in [1.54, 1.807) is 0 Å². The van der Waals surface area contributed by atoms with Gasteiger partial charge >= 0.3 is 0 Å². The lowest BCUT2D eigenvalue weighted by Crippen LogP contribution is -2.17. The van der Waals surface area contributed by atoms with E-state index >= 15 is 0 Å². The fraction of sp³-hybridized carbons (Fsp3) is 0.500. The van der Waals surface area contributed by atoms with Gasteiger partial charge in [-0.2, -0.15) is 0 Å². The molecule has 0 saturated carbocycles. The molecular weight excluding hydrogens is 190 g/mol. The van der Waals surface area contributed by atoms with Crippen molar-refractivity contribution in [3.8, 4) is 5.75 Å². The minimum atomic E-state index is 0.331. The number of hydrogen-bond acceptors (Lipinski definition) is 3. The summed E-state index contributed by atoms with van der Waals surface area (Å²) in [5.41, 5.74) is 9.27. The van der Waals surface area contributed by atoms with Crippen LogP contribution >= 0.6 is 0 Å². The first-order valence-electron chi connectivity index (χ1n) is 5.27. The van der Waals surface area contributed by atoms with Crippen LogP contribution in [-0.2, 0) is 11.3 Å². The van der Waals surface area contributed by atoms with Gasteiger partial charge in [0.2, 0.25) is 0 Å². The topological polar surface area (TPSA) is 44.5 Å². The van der Waals surface area contributed by atoms with Gasteiger partial charge in [0.05, 0.1) is 6.61 Å². The molecule has 2 N–H and O–H groups in total. The van der Waals surface area contributed by atoms with Gasteiger partial charge in [-0.25, -0.2) is 0 Å². The summed E-state index contributed by atoms with van der Waals surface area (Å²) in [5, 5.41) is 0. The van der Waals surface area contributed by atoms with Crippen molar-refractivity contribution in [3.63, 3.8) is 0 Å². The first-order valence-corrected chi connectivity index (χ1v) is 5.27. The lowest BCUT2D eigenvalue weighted by Gasteiger charge is -2.24. The Morgan fingerprint density at radius 2 is 2.27 bits per heavy atom. The summed E-state index contributed by atoms with van der Waals surface area (Å²) >= 11 is 0. The maximum atomic E-state index is 5.69. The molecule has 0 aliphatic carbocycles. The zero-order valence-corrected chi connectivity index (χ0v) is 9.25. The molecule has 15 heavy (non-hydrogen) atoms. The largest absolute Gasteiger partial charge is 0.467 e. The first-order chi connectivity index (χ1) is 7.24. The summed E-state index contributed by atoms with van der Waals surface area (Å²) < 4.78 is 10.9.